The fraction of sp³-hybridized carbons (Fsp3) is 0.0588. The molecule has 3 nitrogen and oxygen atoms in total. The Balaban J connectivity index is 1.88. The fourth-order valence-corrected chi connectivity index (χ4v) is 3.82. The molecule has 2 aromatic rings. The molecular formula is C17H10Br2FNO2S. The Kier molecular flexibility index (Phi) is 5.22. The Morgan fingerprint density at radius 3 is 2.62 bits per heavy atom. The molecule has 0 unspecified atom stereocenters. The van der Waals surface area contributed by atoms with Gasteiger partial charge in [-0.2, -0.15) is 0 Å². The van der Waals surface area contributed by atoms with Gasteiger partial charge in [0.15, 0.2) is 0 Å². The van der Waals surface area contributed by atoms with Crippen molar-refractivity contribution in [2.24, 2.45) is 0 Å². The number of rotatable bonds is 3. The van der Waals surface area contributed by atoms with Crippen LogP contribution in [0.25, 0.3) is 6.08 Å². The number of amides is 2. The van der Waals surface area contributed by atoms with Crippen LogP contribution in [0.5, 0.6) is 0 Å². The predicted octanol–water partition coefficient (Wildman–Crippen LogP) is 5.59. The maximum atomic E-state index is 13.9. The third-order valence-corrected chi connectivity index (χ3v) is 5.58. The molecule has 1 saturated heterocycles. The summed E-state index contributed by atoms with van der Waals surface area (Å²) in [4.78, 5) is 26.0. The molecule has 3 rings (SSSR count). The van der Waals surface area contributed by atoms with Crippen LogP contribution in [0, 0.1) is 5.82 Å². The summed E-state index contributed by atoms with van der Waals surface area (Å²) in [6.07, 6.45) is 1.41. The highest BCUT2D eigenvalue weighted by Crippen LogP contribution is 2.34. The highest BCUT2D eigenvalue weighted by atomic mass is 79.9. The van der Waals surface area contributed by atoms with E-state index in [0.717, 1.165) is 26.7 Å². The van der Waals surface area contributed by atoms with Crippen molar-refractivity contribution in [2.45, 2.75) is 6.54 Å². The summed E-state index contributed by atoms with van der Waals surface area (Å²) in [6, 6.07) is 11.8. The molecule has 0 radical (unpaired) electrons. The van der Waals surface area contributed by atoms with E-state index in [2.05, 4.69) is 31.9 Å². The minimum absolute atomic E-state index is 0.171. The van der Waals surface area contributed by atoms with E-state index >= 15 is 0 Å². The third-order valence-electron chi connectivity index (χ3n) is 3.40. The molecule has 1 aliphatic heterocycles. The van der Waals surface area contributed by atoms with Crippen LogP contribution in [-0.4, -0.2) is 16.0 Å². The monoisotopic (exact) mass is 469 g/mol. The van der Waals surface area contributed by atoms with Gasteiger partial charge in [0.05, 0.1) is 11.4 Å². The van der Waals surface area contributed by atoms with Gasteiger partial charge in [-0.1, -0.05) is 50.1 Å². The van der Waals surface area contributed by atoms with Gasteiger partial charge in [0.1, 0.15) is 5.82 Å². The Hall–Kier alpha value is -1.44. The number of nitrogens with zero attached hydrogens (tertiary/aromatic N) is 1. The molecule has 0 N–H and O–H groups in total. The number of hydrogen-bond donors (Lipinski definition) is 0. The second-order valence-electron chi connectivity index (χ2n) is 5.03. The first kappa shape index (κ1) is 17.4. The van der Waals surface area contributed by atoms with E-state index in [9.17, 15) is 14.0 Å². The Labute approximate surface area is 159 Å². The average Bonchev–Trinajstić information content (AvgIpc) is 2.80. The van der Waals surface area contributed by atoms with Crippen LogP contribution < -0.4 is 0 Å². The van der Waals surface area contributed by atoms with Crippen LogP contribution in [0.1, 0.15) is 11.1 Å². The Bertz CT molecular complexity index is 869. The Morgan fingerprint density at radius 1 is 1.12 bits per heavy atom. The molecule has 122 valence electrons. The maximum absolute atomic E-state index is 13.9. The van der Waals surface area contributed by atoms with Crippen LogP contribution in [0.4, 0.5) is 9.18 Å². The van der Waals surface area contributed by atoms with Gasteiger partial charge in [0.25, 0.3) is 11.1 Å². The summed E-state index contributed by atoms with van der Waals surface area (Å²) < 4.78 is 15.4. The number of benzene rings is 2. The number of carbonyl (C=O) groups excluding carboxylic acids is 2. The van der Waals surface area contributed by atoms with Crippen molar-refractivity contribution >= 4 is 60.8 Å². The van der Waals surface area contributed by atoms with Gasteiger partial charge >= 0.3 is 0 Å². The Morgan fingerprint density at radius 2 is 1.88 bits per heavy atom. The highest BCUT2D eigenvalue weighted by molar-refractivity contribution is 9.10. The lowest BCUT2D eigenvalue weighted by Crippen LogP contribution is -2.27. The lowest BCUT2D eigenvalue weighted by atomic mass is 10.2. The summed E-state index contributed by atoms with van der Waals surface area (Å²) in [5.41, 5.74) is 1.09. The van der Waals surface area contributed by atoms with E-state index in [1.165, 1.54) is 12.1 Å². The maximum Gasteiger partial charge on any atom is 0.293 e. The number of hydrogen-bond acceptors (Lipinski definition) is 3. The number of halogens is 3. The standard InChI is InChI=1S/C17H10Br2FNO2S/c18-12-5-6-14(20)11(7-12)8-15-16(22)21(17(23)24-15)9-10-3-1-2-4-13(10)19/h1-8H,9H2/b15-8-. The molecule has 1 heterocycles. The van der Waals surface area contributed by atoms with Gasteiger partial charge in [-0.05, 0) is 47.7 Å². The third kappa shape index (κ3) is 3.63. The van der Waals surface area contributed by atoms with Crippen molar-refractivity contribution in [3.63, 3.8) is 0 Å². The average molecular weight is 471 g/mol. The normalized spacial score (nSPS) is 16.3. The van der Waals surface area contributed by atoms with E-state index in [1.807, 2.05) is 24.3 Å². The van der Waals surface area contributed by atoms with Crippen LogP contribution in [0.15, 0.2) is 56.3 Å². The zero-order valence-electron chi connectivity index (χ0n) is 12.1. The van der Waals surface area contributed by atoms with Crippen molar-refractivity contribution in [3.8, 4) is 0 Å². The fourth-order valence-electron chi connectivity index (χ4n) is 2.20. The minimum Gasteiger partial charge on any atom is -0.268 e. The van der Waals surface area contributed by atoms with Crippen molar-refractivity contribution < 1.29 is 14.0 Å². The molecule has 2 amide bonds. The molecule has 0 atom stereocenters. The molecule has 0 bridgehead atoms. The van der Waals surface area contributed by atoms with Gasteiger partial charge in [0.2, 0.25) is 0 Å². The SMILES string of the molecule is O=C1S/C(=C\c2cc(Br)ccc2F)C(=O)N1Cc1ccccc1Br. The molecule has 1 aliphatic rings. The quantitative estimate of drug-likeness (QED) is 0.549. The van der Waals surface area contributed by atoms with Gasteiger partial charge < -0.3 is 0 Å². The molecule has 24 heavy (non-hydrogen) atoms. The van der Waals surface area contributed by atoms with Crippen LogP contribution in [-0.2, 0) is 11.3 Å². The summed E-state index contributed by atoms with van der Waals surface area (Å²) in [5, 5.41) is -0.364. The van der Waals surface area contributed by atoms with Crippen molar-refractivity contribution in [2.75, 3.05) is 0 Å². The molecule has 7 heteroatoms. The predicted molar refractivity (Wildman–Crippen MR) is 99.8 cm³/mol. The van der Waals surface area contributed by atoms with Gasteiger partial charge in [-0.15, -0.1) is 0 Å². The lowest BCUT2D eigenvalue weighted by Gasteiger charge is -2.13. The topological polar surface area (TPSA) is 37.4 Å². The van der Waals surface area contributed by atoms with Crippen molar-refractivity contribution in [1.82, 2.24) is 4.90 Å². The summed E-state index contributed by atoms with van der Waals surface area (Å²) >= 11 is 7.49. The second kappa shape index (κ2) is 7.21. The molecule has 0 spiro atoms. The smallest absolute Gasteiger partial charge is 0.268 e. The van der Waals surface area contributed by atoms with Crippen molar-refractivity contribution in [1.29, 1.82) is 0 Å². The van der Waals surface area contributed by atoms with E-state index in [0.29, 0.717) is 4.47 Å². The second-order valence-corrected chi connectivity index (χ2v) is 7.79. The molecule has 2 aromatic carbocycles. The molecule has 1 fully saturated rings. The van der Waals surface area contributed by atoms with E-state index < -0.39 is 11.7 Å². The van der Waals surface area contributed by atoms with E-state index in [1.54, 1.807) is 12.1 Å². The first-order valence-corrected chi connectivity index (χ1v) is 9.30. The zero-order chi connectivity index (χ0) is 17.3. The summed E-state index contributed by atoms with van der Waals surface area (Å²) in [6.45, 7) is 0.171. The van der Waals surface area contributed by atoms with Gasteiger partial charge in [-0.25, -0.2) is 4.39 Å². The molecule has 0 saturated carbocycles. The van der Waals surface area contributed by atoms with Gasteiger partial charge in [0, 0.05) is 14.5 Å². The lowest BCUT2D eigenvalue weighted by molar-refractivity contribution is -0.123. The van der Waals surface area contributed by atoms with Gasteiger partial charge in [-0.3, -0.25) is 14.5 Å². The summed E-state index contributed by atoms with van der Waals surface area (Å²) in [5.74, 6) is -0.865. The summed E-state index contributed by atoms with van der Waals surface area (Å²) in [7, 11) is 0. The van der Waals surface area contributed by atoms with Crippen LogP contribution >= 0.6 is 43.6 Å². The molecule has 0 aromatic heterocycles. The van der Waals surface area contributed by atoms with E-state index in [-0.39, 0.29) is 22.3 Å². The highest BCUT2D eigenvalue weighted by Gasteiger charge is 2.35. The zero-order valence-corrected chi connectivity index (χ0v) is 16.1. The van der Waals surface area contributed by atoms with Crippen molar-refractivity contribution in [3.05, 3.63) is 73.3 Å². The largest absolute Gasteiger partial charge is 0.293 e. The first-order chi connectivity index (χ1) is 11.5. The molecule has 0 aliphatic carbocycles. The minimum atomic E-state index is -0.448. The number of imide groups is 1. The van der Waals surface area contributed by atoms with Crippen LogP contribution in [0.3, 0.4) is 0 Å². The number of thioether (sulfide) groups is 1. The first-order valence-electron chi connectivity index (χ1n) is 6.89. The molecular weight excluding hydrogens is 461 g/mol. The number of carbonyl (C=O) groups is 2. The van der Waals surface area contributed by atoms with Crippen LogP contribution in [0.2, 0.25) is 0 Å². The van der Waals surface area contributed by atoms with E-state index in [4.69, 9.17) is 0 Å².